The lowest BCUT2D eigenvalue weighted by atomic mass is 9.81. The van der Waals surface area contributed by atoms with Gasteiger partial charge in [-0.05, 0) is 17.4 Å². The number of carbonyl (C=O) groups excluding carboxylic acids is 1. The van der Waals surface area contributed by atoms with Crippen LogP contribution in [0.2, 0.25) is 0 Å². The molecular formula is C19H30ClN3O. The summed E-state index contributed by atoms with van der Waals surface area (Å²) in [5.41, 5.74) is 1.14. The molecule has 2 aliphatic rings. The van der Waals surface area contributed by atoms with E-state index < -0.39 is 0 Å². The molecule has 1 amide bonds. The van der Waals surface area contributed by atoms with E-state index in [0.717, 1.165) is 45.7 Å². The first-order valence-corrected chi connectivity index (χ1v) is 8.84. The average Bonchev–Trinajstić information content (AvgIpc) is 3.06. The number of carbonyl (C=O) groups is 1. The van der Waals surface area contributed by atoms with Crippen molar-refractivity contribution in [2.24, 2.45) is 0 Å². The molecule has 4 nitrogen and oxygen atoms in total. The molecule has 3 rings (SSSR count). The minimum atomic E-state index is -0.106. The number of likely N-dealkylation sites (tertiary alicyclic amines) is 1. The Kier molecular flexibility index (Phi) is 6.67. The molecule has 2 saturated heterocycles. The number of benzene rings is 1. The van der Waals surface area contributed by atoms with Crippen molar-refractivity contribution in [1.29, 1.82) is 0 Å². The normalized spacial score (nSPS) is 22.2. The largest absolute Gasteiger partial charge is 0.341 e. The number of piperazine rings is 1. The summed E-state index contributed by atoms with van der Waals surface area (Å²) < 4.78 is 0. The van der Waals surface area contributed by atoms with E-state index in [1.165, 1.54) is 5.56 Å². The van der Waals surface area contributed by atoms with Gasteiger partial charge in [-0.1, -0.05) is 44.2 Å². The van der Waals surface area contributed by atoms with Gasteiger partial charge in [0.05, 0.1) is 0 Å². The van der Waals surface area contributed by atoms with E-state index in [1.54, 1.807) is 0 Å². The van der Waals surface area contributed by atoms with Gasteiger partial charge in [0, 0.05) is 51.7 Å². The average molecular weight is 352 g/mol. The van der Waals surface area contributed by atoms with Crippen LogP contribution < -0.4 is 5.32 Å². The van der Waals surface area contributed by atoms with Crippen LogP contribution in [0.4, 0.5) is 0 Å². The highest BCUT2D eigenvalue weighted by atomic mass is 35.5. The van der Waals surface area contributed by atoms with Crippen LogP contribution >= 0.6 is 12.4 Å². The second-order valence-electron chi connectivity index (χ2n) is 7.49. The molecule has 1 aromatic carbocycles. The molecule has 1 aromatic rings. The van der Waals surface area contributed by atoms with Gasteiger partial charge in [0.2, 0.25) is 5.91 Å². The van der Waals surface area contributed by atoms with Gasteiger partial charge in [-0.15, -0.1) is 12.4 Å². The minimum Gasteiger partial charge on any atom is -0.341 e. The minimum absolute atomic E-state index is 0. The highest BCUT2D eigenvalue weighted by Crippen LogP contribution is 2.28. The molecule has 2 fully saturated rings. The van der Waals surface area contributed by atoms with Crippen LogP contribution in [0, 0.1) is 0 Å². The Bertz CT molecular complexity index is 529. The van der Waals surface area contributed by atoms with Crippen LogP contribution in [-0.2, 0) is 10.2 Å². The van der Waals surface area contributed by atoms with Crippen LogP contribution in [0.1, 0.15) is 32.3 Å². The Balaban J connectivity index is 0.00000208. The summed E-state index contributed by atoms with van der Waals surface area (Å²) in [7, 11) is 0. The van der Waals surface area contributed by atoms with Gasteiger partial charge >= 0.3 is 0 Å². The zero-order valence-corrected chi connectivity index (χ0v) is 15.6. The summed E-state index contributed by atoms with van der Waals surface area (Å²) in [6.45, 7) is 10.5. The zero-order valence-electron chi connectivity index (χ0n) is 14.8. The van der Waals surface area contributed by atoms with E-state index in [0.29, 0.717) is 18.4 Å². The summed E-state index contributed by atoms with van der Waals surface area (Å²) in [5, 5.41) is 3.40. The Labute approximate surface area is 152 Å². The SMILES string of the molecule is CC(C)(CC(=O)N1CCC(N2CCNCC2)C1)c1ccccc1.Cl. The van der Waals surface area contributed by atoms with E-state index in [9.17, 15) is 4.79 Å². The van der Waals surface area contributed by atoms with Crippen molar-refractivity contribution >= 4 is 18.3 Å². The molecule has 0 aromatic heterocycles. The number of nitrogens with zero attached hydrogens (tertiary/aromatic N) is 2. The Morgan fingerprint density at radius 1 is 1.17 bits per heavy atom. The van der Waals surface area contributed by atoms with Gasteiger partial charge < -0.3 is 10.2 Å². The van der Waals surface area contributed by atoms with Crippen LogP contribution in [0.3, 0.4) is 0 Å². The first kappa shape index (κ1) is 19.2. The fraction of sp³-hybridized carbons (Fsp3) is 0.632. The molecular weight excluding hydrogens is 322 g/mol. The predicted molar refractivity (Wildman–Crippen MR) is 101 cm³/mol. The van der Waals surface area contributed by atoms with Crippen molar-refractivity contribution < 1.29 is 4.79 Å². The van der Waals surface area contributed by atoms with Crippen molar-refractivity contribution in [3.05, 3.63) is 35.9 Å². The number of nitrogens with one attached hydrogen (secondary N) is 1. The van der Waals surface area contributed by atoms with E-state index in [-0.39, 0.29) is 17.8 Å². The number of rotatable bonds is 4. The van der Waals surface area contributed by atoms with Gasteiger partial charge in [-0.2, -0.15) is 0 Å². The number of hydrogen-bond acceptors (Lipinski definition) is 3. The predicted octanol–water partition coefficient (Wildman–Crippen LogP) is 2.28. The summed E-state index contributed by atoms with van der Waals surface area (Å²) in [6.07, 6.45) is 1.71. The topological polar surface area (TPSA) is 35.6 Å². The number of halogens is 1. The molecule has 2 heterocycles. The summed E-state index contributed by atoms with van der Waals surface area (Å²) in [4.78, 5) is 17.4. The molecule has 0 radical (unpaired) electrons. The number of amides is 1. The van der Waals surface area contributed by atoms with Crippen LogP contribution in [0.15, 0.2) is 30.3 Å². The van der Waals surface area contributed by atoms with E-state index in [4.69, 9.17) is 0 Å². The third kappa shape index (κ3) is 4.50. The van der Waals surface area contributed by atoms with Gasteiger partial charge in [-0.25, -0.2) is 0 Å². The van der Waals surface area contributed by atoms with E-state index >= 15 is 0 Å². The molecule has 5 heteroatoms. The lowest BCUT2D eigenvalue weighted by Gasteiger charge is -2.33. The van der Waals surface area contributed by atoms with Crippen LogP contribution in [0.25, 0.3) is 0 Å². The van der Waals surface area contributed by atoms with Crippen molar-refractivity contribution in [1.82, 2.24) is 15.1 Å². The van der Waals surface area contributed by atoms with E-state index in [1.807, 2.05) is 6.07 Å². The number of hydrogen-bond donors (Lipinski definition) is 1. The van der Waals surface area contributed by atoms with Crippen LogP contribution in [0.5, 0.6) is 0 Å². The van der Waals surface area contributed by atoms with Crippen molar-refractivity contribution in [3.8, 4) is 0 Å². The molecule has 0 spiro atoms. The van der Waals surface area contributed by atoms with Crippen molar-refractivity contribution in [3.63, 3.8) is 0 Å². The Morgan fingerprint density at radius 2 is 1.83 bits per heavy atom. The first-order chi connectivity index (χ1) is 11.1. The third-order valence-electron chi connectivity index (χ3n) is 5.33. The molecule has 24 heavy (non-hydrogen) atoms. The smallest absolute Gasteiger partial charge is 0.223 e. The Hall–Kier alpha value is -1.10. The van der Waals surface area contributed by atoms with Crippen molar-refractivity contribution in [2.45, 2.75) is 38.1 Å². The molecule has 0 saturated carbocycles. The first-order valence-electron chi connectivity index (χ1n) is 8.84. The van der Waals surface area contributed by atoms with Gasteiger partial charge in [0.25, 0.3) is 0 Å². The van der Waals surface area contributed by atoms with Gasteiger partial charge in [0.1, 0.15) is 0 Å². The maximum Gasteiger partial charge on any atom is 0.223 e. The van der Waals surface area contributed by atoms with Gasteiger partial charge in [-0.3, -0.25) is 9.69 Å². The monoisotopic (exact) mass is 351 g/mol. The Morgan fingerprint density at radius 3 is 2.50 bits per heavy atom. The second-order valence-corrected chi connectivity index (χ2v) is 7.49. The molecule has 1 atom stereocenters. The molecule has 1 unspecified atom stereocenters. The summed E-state index contributed by atoms with van der Waals surface area (Å²) in [6, 6.07) is 10.9. The molecule has 134 valence electrons. The molecule has 0 bridgehead atoms. The maximum absolute atomic E-state index is 12.8. The van der Waals surface area contributed by atoms with E-state index in [2.05, 4.69) is 53.2 Å². The summed E-state index contributed by atoms with van der Waals surface area (Å²) in [5.74, 6) is 0.302. The van der Waals surface area contributed by atoms with Crippen molar-refractivity contribution in [2.75, 3.05) is 39.3 Å². The van der Waals surface area contributed by atoms with Crippen LogP contribution in [-0.4, -0.2) is 61.0 Å². The highest BCUT2D eigenvalue weighted by Gasteiger charge is 2.33. The highest BCUT2D eigenvalue weighted by molar-refractivity contribution is 5.85. The summed E-state index contributed by atoms with van der Waals surface area (Å²) >= 11 is 0. The van der Waals surface area contributed by atoms with Gasteiger partial charge in [0.15, 0.2) is 0 Å². The lowest BCUT2D eigenvalue weighted by Crippen LogP contribution is -2.49. The molecule has 0 aliphatic carbocycles. The molecule has 1 N–H and O–H groups in total. The fourth-order valence-corrected chi connectivity index (χ4v) is 3.79. The lowest BCUT2D eigenvalue weighted by molar-refractivity contribution is -0.131. The molecule has 2 aliphatic heterocycles. The zero-order chi connectivity index (χ0) is 16.3. The quantitative estimate of drug-likeness (QED) is 0.904. The second kappa shape index (κ2) is 8.32. The standard InChI is InChI=1S/C19H29N3O.ClH/c1-19(2,16-6-4-3-5-7-16)14-18(23)22-11-8-17(15-22)21-12-9-20-10-13-21;/h3-7,17,20H,8-15H2,1-2H3;1H. The third-order valence-corrected chi connectivity index (χ3v) is 5.33. The maximum atomic E-state index is 12.8. The fourth-order valence-electron chi connectivity index (χ4n) is 3.79.